The van der Waals surface area contributed by atoms with Crippen LogP contribution in [0.15, 0.2) is 54.6 Å². The Hall–Kier alpha value is -3.15. The summed E-state index contributed by atoms with van der Waals surface area (Å²) < 4.78 is 0. The van der Waals surface area contributed by atoms with E-state index in [0.717, 1.165) is 19.3 Å². The van der Waals surface area contributed by atoms with E-state index in [1.165, 1.54) is 10.5 Å². The summed E-state index contributed by atoms with van der Waals surface area (Å²) in [7, 11) is 0. The summed E-state index contributed by atoms with van der Waals surface area (Å²) >= 11 is 0. The van der Waals surface area contributed by atoms with Crippen molar-refractivity contribution in [1.29, 1.82) is 0 Å². The topological polar surface area (TPSA) is 78.5 Å². The molecule has 0 atom stereocenters. The minimum absolute atomic E-state index is 0.220. The lowest BCUT2D eigenvalue weighted by Gasteiger charge is -2.14. The first-order valence-electron chi connectivity index (χ1n) is 9.67. The molecule has 6 heteroatoms. The Balaban J connectivity index is 1.27. The summed E-state index contributed by atoms with van der Waals surface area (Å²) in [6, 6.07) is 16.9. The van der Waals surface area contributed by atoms with Gasteiger partial charge in [-0.1, -0.05) is 42.5 Å². The van der Waals surface area contributed by atoms with Crippen LogP contribution in [-0.2, 0) is 6.42 Å². The number of hydrogen-bond acceptors (Lipinski definition) is 3. The average Bonchev–Trinajstić information content (AvgIpc) is 2.96. The van der Waals surface area contributed by atoms with Crippen LogP contribution in [0, 0.1) is 0 Å². The summed E-state index contributed by atoms with van der Waals surface area (Å²) in [5.41, 5.74) is 2.21. The van der Waals surface area contributed by atoms with Gasteiger partial charge in [0, 0.05) is 19.6 Å². The molecule has 0 spiro atoms. The van der Waals surface area contributed by atoms with Crippen LogP contribution >= 0.6 is 0 Å². The molecule has 2 aromatic rings. The Morgan fingerprint density at radius 1 is 0.750 bits per heavy atom. The van der Waals surface area contributed by atoms with Crippen LogP contribution < -0.4 is 10.6 Å². The molecular weight excluding hydrogens is 354 g/mol. The molecule has 1 aliphatic rings. The minimum atomic E-state index is -0.261. The molecule has 146 valence electrons. The largest absolute Gasteiger partial charge is 0.338 e. The van der Waals surface area contributed by atoms with Gasteiger partial charge in [0.25, 0.3) is 11.8 Å². The van der Waals surface area contributed by atoms with Crippen molar-refractivity contribution in [2.24, 2.45) is 0 Å². The van der Waals surface area contributed by atoms with Crippen molar-refractivity contribution in [3.63, 3.8) is 0 Å². The molecule has 0 bridgehead atoms. The normalized spacial score (nSPS) is 12.8. The maximum Gasteiger partial charge on any atom is 0.314 e. The summed E-state index contributed by atoms with van der Waals surface area (Å²) in [5.74, 6) is -0.521. The molecule has 1 aliphatic heterocycles. The van der Waals surface area contributed by atoms with Gasteiger partial charge in [-0.15, -0.1) is 0 Å². The van der Waals surface area contributed by atoms with E-state index in [1.54, 1.807) is 24.3 Å². The van der Waals surface area contributed by atoms with Crippen LogP contribution in [-0.4, -0.2) is 42.4 Å². The van der Waals surface area contributed by atoms with Crippen molar-refractivity contribution in [2.75, 3.05) is 19.6 Å². The first kappa shape index (κ1) is 19.6. The van der Waals surface area contributed by atoms with E-state index >= 15 is 0 Å². The third-order valence-electron chi connectivity index (χ3n) is 4.74. The first-order chi connectivity index (χ1) is 13.7. The minimum Gasteiger partial charge on any atom is -0.338 e. The highest BCUT2D eigenvalue weighted by Gasteiger charge is 2.34. The number of nitrogens with zero attached hydrogens (tertiary/aromatic N) is 1. The molecule has 0 unspecified atom stereocenters. The lowest BCUT2D eigenvalue weighted by molar-refractivity contribution is 0.0653. The zero-order valence-corrected chi connectivity index (χ0v) is 15.8. The van der Waals surface area contributed by atoms with Gasteiger partial charge in [0.1, 0.15) is 0 Å². The van der Waals surface area contributed by atoms with Crippen LogP contribution in [0.25, 0.3) is 0 Å². The molecule has 1 heterocycles. The first-order valence-corrected chi connectivity index (χ1v) is 9.67. The molecule has 2 aromatic carbocycles. The molecular formula is C22H25N3O3. The number of hydrogen-bond donors (Lipinski definition) is 2. The van der Waals surface area contributed by atoms with Crippen molar-refractivity contribution < 1.29 is 14.4 Å². The third-order valence-corrected chi connectivity index (χ3v) is 4.74. The van der Waals surface area contributed by atoms with Crippen LogP contribution in [0.1, 0.15) is 45.5 Å². The van der Waals surface area contributed by atoms with Crippen molar-refractivity contribution in [1.82, 2.24) is 15.5 Å². The smallest absolute Gasteiger partial charge is 0.314 e. The summed E-state index contributed by atoms with van der Waals surface area (Å²) in [6.45, 7) is 1.32. The number of aryl methyl sites for hydroxylation is 1. The fourth-order valence-electron chi connectivity index (χ4n) is 3.24. The number of benzene rings is 2. The Bertz CT molecular complexity index is 801. The van der Waals surface area contributed by atoms with E-state index in [-0.39, 0.29) is 17.8 Å². The fourth-order valence-corrected chi connectivity index (χ4v) is 3.24. The van der Waals surface area contributed by atoms with Crippen LogP contribution in [0.2, 0.25) is 0 Å². The van der Waals surface area contributed by atoms with Crippen molar-refractivity contribution >= 4 is 17.8 Å². The Morgan fingerprint density at radius 3 is 1.96 bits per heavy atom. The van der Waals surface area contributed by atoms with E-state index in [9.17, 15) is 14.4 Å². The lowest BCUT2D eigenvalue weighted by Crippen LogP contribution is -2.38. The van der Waals surface area contributed by atoms with E-state index in [0.29, 0.717) is 37.2 Å². The van der Waals surface area contributed by atoms with Gasteiger partial charge in [-0.3, -0.25) is 14.5 Å². The van der Waals surface area contributed by atoms with Crippen molar-refractivity contribution in [3.8, 4) is 0 Å². The SMILES string of the molecule is O=C(NCCCCc1ccccc1)NCCCN1C(=O)c2ccccc2C1=O. The molecule has 0 aliphatic carbocycles. The zero-order chi connectivity index (χ0) is 19.8. The van der Waals surface area contributed by atoms with Crippen LogP contribution in [0.4, 0.5) is 4.79 Å². The molecule has 0 aromatic heterocycles. The summed E-state index contributed by atoms with van der Waals surface area (Å²) in [6.07, 6.45) is 3.46. The Labute approximate surface area is 164 Å². The standard InChI is InChI=1S/C22H25N3O3/c26-20-18-12-4-5-13-19(18)21(27)25(20)16-8-15-24-22(28)23-14-7-6-11-17-9-2-1-3-10-17/h1-5,9-10,12-13H,6-8,11,14-16H2,(H2,23,24,28). The number of unbranched alkanes of at least 4 members (excludes halogenated alkanes) is 1. The lowest BCUT2D eigenvalue weighted by atomic mass is 10.1. The average molecular weight is 379 g/mol. The fraction of sp³-hybridized carbons (Fsp3) is 0.318. The molecule has 0 saturated heterocycles. The predicted molar refractivity (Wildman–Crippen MR) is 107 cm³/mol. The zero-order valence-electron chi connectivity index (χ0n) is 15.8. The number of imide groups is 1. The van der Waals surface area contributed by atoms with E-state index in [2.05, 4.69) is 22.8 Å². The maximum atomic E-state index is 12.2. The molecule has 3 rings (SSSR count). The third kappa shape index (κ3) is 4.97. The highest BCUT2D eigenvalue weighted by atomic mass is 16.2. The Kier molecular flexibility index (Phi) is 6.78. The van der Waals surface area contributed by atoms with E-state index < -0.39 is 0 Å². The number of carbonyl (C=O) groups excluding carboxylic acids is 3. The number of carbonyl (C=O) groups is 3. The molecule has 0 fully saturated rings. The van der Waals surface area contributed by atoms with Crippen molar-refractivity contribution in [3.05, 3.63) is 71.3 Å². The van der Waals surface area contributed by atoms with Gasteiger partial charge < -0.3 is 10.6 Å². The molecule has 6 nitrogen and oxygen atoms in total. The van der Waals surface area contributed by atoms with E-state index in [4.69, 9.17) is 0 Å². The van der Waals surface area contributed by atoms with Gasteiger partial charge in [0.15, 0.2) is 0 Å². The second-order valence-corrected chi connectivity index (χ2v) is 6.79. The number of fused-ring (bicyclic) bond motifs is 1. The number of urea groups is 1. The predicted octanol–water partition coefficient (Wildman–Crippen LogP) is 2.99. The molecule has 2 N–H and O–H groups in total. The number of amides is 4. The molecule has 28 heavy (non-hydrogen) atoms. The second kappa shape index (κ2) is 9.69. The van der Waals surface area contributed by atoms with Crippen molar-refractivity contribution in [2.45, 2.75) is 25.7 Å². The highest BCUT2D eigenvalue weighted by Crippen LogP contribution is 2.22. The maximum absolute atomic E-state index is 12.2. The number of nitrogens with one attached hydrogen (secondary N) is 2. The van der Waals surface area contributed by atoms with E-state index in [1.807, 2.05) is 18.2 Å². The van der Waals surface area contributed by atoms with Gasteiger partial charge >= 0.3 is 6.03 Å². The van der Waals surface area contributed by atoms with Gasteiger partial charge in [0.05, 0.1) is 11.1 Å². The van der Waals surface area contributed by atoms with Gasteiger partial charge in [-0.2, -0.15) is 0 Å². The molecule has 4 amide bonds. The number of rotatable bonds is 9. The Morgan fingerprint density at radius 2 is 1.32 bits per heavy atom. The van der Waals surface area contributed by atoms with Crippen LogP contribution in [0.5, 0.6) is 0 Å². The van der Waals surface area contributed by atoms with Gasteiger partial charge in [-0.25, -0.2) is 4.79 Å². The monoisotopic (exact) mass is 379 g/mol. The second-order valence-electron chi connectivity index (χ2n) is 6.79. The molecule has 0 radical (unpaired) electrons. The molecule has 0 saturated carbocycles. The van der Waals surface area contributed by atoms with Gasteiger partial charge in [-0.05, 0) is 43.4 Å². The summed E-state index contributed by atoms with van der Waals surface area (Å²) in [5, 5.41) is 5.60. The van der Waals surface area contributed by atoms with Gasteiger partial charge in [0.2, 0.25) is 0 Å². The quantitative estimate of drug-likeness (QED) is 0.519. The highest BCUT2D eigenvalue weighted by molar-refractivity contribution is 6.21. The van der Waals surface area contributed by atoms with Crippen LogP contribution in [0.3, 0.4) is 0 Å². The summed E-state index contributed by atoms with van der Waals surface area (Å²) in [4.78, 5) is 37.5.